The van der Waals surface area contributed by atoms with Gasteiger partial charge in [0.2, 0.25) is 5.91 Å². The lowest BCUT2D eigenvalue weighted by Gasteiger charge is -2.39. The molecule has 18 heavy (non-hydrogen) atoms. The molecule has 1 aromatic rings. The van der Waals surface area contributed by atoms with Gasteiger partial charge in [-0.1, -0.05) is 6.42 Å². The second kappa shape index (κ2) is 4.86. The second-order valence-electron chi connectivity index (χ2n) is 4.68. The Balaban J connectivity index is 2.12. The van der Waals surface area contributed by atoms with Crippen LogP contribution in [-0.4, -0.2) is 24.7 Å². The van der Waals surface area contributed by atoms with E-state index in [0.717, 1.165) is 19.3 Å². The molecule has 1 aromatic carbocycles. The Morgan fingerprint density at radius 1 is 1.56 bits per heavy atom. The number of nitrogens with two attached hydrogens (primary N) is 1. The average Bonchev–Trinajstić information content (AvgIpc) is 2.31. The Morgan fingerprint density at radius 3 is 2.72 bits per heavy atom. The first kappa shape index (κ1) is 12.7. The summed E-state index contributed by atoms with van der Waals surface area (Å²) in [4.78, 5) is 12.1. The lowest BCUT2D eigenvalue weighted by Crippen LogP contribution is -2.47. The van der Waals surface area contributed by atoms with E-state index in [2.05, 4.69) is 5.32 Å². The van der Waals surface area contributed by atoms with Gasteiger partial charge in [0.05, 0.1) is 18.2 Å². The first-order valence-electron chi connectivity index (χ1n) is 6.00. The number of methoxy groups -OCH3 is 1. The SMILES string of the molecule is COc1ccc(NC(=O)C2(CN)CCC2)c(O)c1. The summed E-state index contributed by atoms with van der Waals surface area (Å²) >= 11 is 0. The van der Waals surface area contributed by atoms with E-state index >= 15 is 0 Å². The van der Waals surface area contributed by atoms with Gasteiger partial charge >= 0.3 is 0 Å². The highest BCUT2D eigenvalue weighted by Crippen LogP contribution is 2.41. The predicted molar refractivity (Wildman–Crippen MR) is 68.6 cm³/mol. The molecule has 2 rings (SSSR count). The van der Waals surface area contributed by atoms with Crippen molar-refractivity contribution >= 4 is 11.6 Å². The number of ether oxygens (including phenoxy) is 1. The fourth-order valence-electron chi connectivity index (χ4n) is 2.13. The summed E-state index contributed by atoms with van der Waals surface area (Å²) in [5.74, 6) is 0.425. The zero-order chi connectivity index (χ0) is 13.2. The molecule has 0 aromatic heterocycles. The molecule has 0 unspecified atom stereocenters. The largest absolute Gasteiger partial charge is 0.506 e. The summed E-state index contributed by atoms with van der Waals surface area (Å²) in [5.41, 5.74) is 5.60. The quantitative estimate of drug-likeness (QED) is 0.706. The van der Waals surface area contributed by atoms with Crippen LogP contribution in [0.3, 0.4) is 0 Å². The molecular weight excluding hydrogens is 232 g/mol. The molecule has 0 saturated heterocycles. The Kier molecular flexibility index (Phi) is 3.43. The first-order chi connectivity index (χ1) is 8.61. The van der Waals surface area contributed by atoms with E-state index < -0.39 is 5.41 Å². The lowest BCUT2D eigenvalue weighted by atomic mass is 9.68. The number of hydrogen-bond acceptors (Lipinski definition) is 4. The van der Waals surface area contributed by atoms with Crippen LogP contribution in [0.15, 0.2) is 18.2 Å². The van der Waals surface area contributed by atoms with Crippen LogP contribution in [0.5, 0.6) is 11.5 Å². The minimum atomic E-state index is -0.452. The van der Waals surface area contributed by atoms with Gasteiger partial charge < -0.3 is 20.9 Å². The minimum Gasteiger partial charge on any atom is -0.506 e. The van der Waals surface area contributed by atoms with E-state index in [1.54, 1.807) is 12.1 Å². The second-order valence-corrected chi connectivity index (χ2v) is 4.68. The fourth-order valence-corrected chi connectivity index (χ4v) is 2.13. The molecule has 0 spiro atoms. The number of benzene rings is 1. The number of nitrogens with one attached hydrogen (secondary N) is 1. The van der Waals surface area contributed by atoms with Gasteiger partial charge in [-0.25, -0.2) is 0 Å². The van der Waals surface area contributed by atoms with Gasteiger partial charge in [0.1, 0.15) is 11.5 Å². The highest BCUT2D eigenvalue weighted by atomic mass is 16.5. The highest BCUT2D eigenvalue weighted by Gasteiger charge is 2.42. The summed E-state index contributed by atoms with van der Waals surface area (Å²) < 4.78 is 4.98. The maximum atomic E-state index is 12.1. The van der Waals surface area contributed by atoms with Crippen LogP contribution in [0.4, 0.5) is 5.69 Å². The Labute approximate surface area is 106 Å². The minimum absolute atomic E-state index is 0.00538. The molecule has 1 amide bonds. The molecule has 1 fully saturated rings. The maximum Gasteiger partial charge on any atom is 0.231 e. The van der Waals surface area contributed by atoms with Crippen LogP contribution in [0.25, 0.3) is 0 Å². The number of rotatable bonds is 4. The van der Waals surface area contributed by atoms with Crippen molar-refractivity contribution in [1.29, 1.82) is 0 Å². The highest BCUT2D eigenvalue weighted by molar-refractivity contribution is 5.97. The van der Waals surface area contributed by atoms with Crippen molar-refractivity contribution in [2.45, 2.75) is 19.3 Å². The molecule has 5 nitrogen and oxygen atoms in total. The monoisotopic (exact) mass is 250 g/mol. The van der Waals surface area contributed by atoms with Crippen molar-refractivity contribution in [3.63, 3.8) is 0 Å². The molecule has 0 bridgehead atoms. The number of hydrogen-bond donors (Lipinski definition) is 3. The van der Waals surface area contributed by atoms with Gasteiger partial charge in [0.25, 0.3) is 0 Å². The van der Waals surface area contributed by atoms with E-state index in [1.165, 1.54) is 13.2 Å². The molecule has 5 heteroatoms. The average molecular weight is 250 g/mol. The summed E-state index contributed by atoms with van der Waals surface area (Å²) in [6, 6.07) is 4.77. The molecule has 0 atom stereocenters. The number of aromatic hydroxyl groups is 1. The van der Waals surface area contributed by atoms with E-state index in [9.17, 15) is 9.90 Å². The summed E-state index contributed by atoms with van der Waals surface area (Å²) in [5, 5.41) is 12.5. The Hall–Kier alpha value is -1.75. The third kappa shape index (κ3) is 2.13. The maximum absolute atomic E-state index is 12.1. The molecule has 1 aliphatic rings. The summed E-state index contributed by atoms with van der Waals surface area (Å²) in [6.45, 7) is 0.343. The molecule has 0 heterocycles. The molecule has 1 aliphatic carbocycles. The number of phenols is 1. The van der Waals surface area contributed by atoms with Crippen molar-refractivity contribution < 1.29 is 14.6 Å². The van der Waals surface area contributed by atoms with Crippen LogP contribution < -0.4 is 15.8 Å². The number of carbonyl (C=O) groups is 1. The van der Waals surface area contributed by atoms with Gasteiger partial charge in [-0.05, 0) is 25.0 Å². The number of carbonyl (C=O) groups excluding carboxylic acids is 1. The molecule has 1 saturated carbocycles. The Bertz CT molecular complexity index is 450. The van der Waals surface area contributed by atoms with Crippen LogP contribution in [0, 0.1) is 5.41 Å². The van der Waals surface area contributed by atoms with Crippen LogP contribution in [0.1, 0.15) is 19.3 Å². The molecule has 0 aliphatic heterocycles. The predicted octanol–water partition coefficient (Wildman–Crippen LogP) is 1.47. The molecule has 4 N–H and O–H groups in total. The van der Waals surface area contributed by atoms with Crippen LogP contribution in [-0.2, 0) is 4.79 Å². The standard InChI is InChI=1S/C13H18N2O3/c1-18-9-3-4-10(11(16)7-9)15-12(17)13(8-14)5-2-6-13/h3-4,7,16H,2,5-6,8,14H2,1H3,(H,15,17). The van der Waals surface area contributed by atoms with Gasteiger partial charge in [-0.3, -0.25) is 4.79 Å². The van der Waals surface area contributed by atoms with Gasteiger partial charge in [-0.2, -0.15) is 0 Å². The van der Waals surface area contributed by atoms with E-state index in [-0.39, 0.29) is 11.7 Å². The summed E-state index contributed by atoms with van der Waals surface area (Å²) in [7, 11) is 1.52. The molecule has 0 radical (unpaired) electrons. The first-order valence-corrected chi connectivity index (χ1v) is 6.00. The zero-order valence-corrected chi connectivity index (χ0v) is 10.4. The molecular formula is C13H18N2O3. The summed E-state index contributed by atoms with van der Waals surface area (Å²) in [6.07, 6.45) is 2.65. The van der Waals surface area contributed by atoms with E-state index in [0.29, 0.717) is 18.0 Å². The van der Waals surface area contributed by atoms with Gasteiger partial charge in [0.15, 0.2) is 0 Å². The fraction of sp³-hybridized carbons (Fsp3) is 0.462. The number of anilines is 1. The third-order valence-corrected chi connectivity index (χ3v) is 3.64. The smallest absolute Gasteiger partial charge is 0.231 e. The lowest BCUT2D eigenvalue weighted by molar-refractivity contribution is -0.129. The Morgan fingerprint density at radius 2 is 2.28 bits per heavy atom. The zero-order valence-electron chi connectivity index (χ0n) is 10.4. The normalized spacial score (nSPS) is 16.8. The van der Waals surface area contributed by atoms with Crippen LogP contribution >= 0.6 is 0 Å². The number of amides is 1. The van der Waals surface area contributed by atoms with Gasteiger partial charge in [-0.15, -0.1) is 0 Å². The van der Waals surface area contributed by atoms with E-state index in [1.807, 2.05) is 0 Å². The van der Waals surface area contributed by atoms with Crippen molar-refractivity contribution in [3.8, 4) is 11.5 Å². The van der Waals surface area contributed by atoms with Crippen molar-refractivity contribution in [2.75, 3.05) is 19.0 Å². The number of phenolic OH excluding ortho intramolecular Hbond substituents is 1. The topological polar surface area (TPSA) is 84.6 Å². The van der Waals surface area contributed by atoms with Gasteiger partial charge in [0, 0.05) is 12.6 Å². The van der Waals surface area contributed by atoms with Crippen molar-refractivity contribution in [1.82, 2.24) is 0 Å². The van der Waals surface area contributed by atoms with Crippen molar-refractivity contribution in [3.05, 3.63) is 18.2 Å². The van der Waals surface area contributed by atoms with Crippen LogP contribution in [0.2, 0.25) is 0 Å². The molecule has 98 valence electrons. The van der Waals surface area contributed by atoms with E-state index in [4.69, 9.17) is 10.5 Å². The third-order valence-electron chi connectivity index (χ3n) is 3.64. The van der Waals surface area contributed by atoms with Crippen molar-refractivity contribution in [2.24, 2.45) is 11.1 Å².